The van der Waals surface area contributed by atoms with Crippen molar-refractivity contribution in [3.05, 3.63) is 81.5 Å². The molecule has 0 saturated heterocycles. The summed E-state index contributed by atoms with van der Waals surface area (Å²) in [5.74, 6) is 2.49. The summed E-state index contributed by atoms with van der Waals surface area (Å²) in [6.07, 6.45) is 6.78. The predicted octanol–water partition coefficient (Wildman–Crippen LogP) is 8.09. The van der Waals surface area contributed by atoms with Crippen LogP contribution in [-0.4, -0.2) is 47.4 Å². The summed E-state index contributed by atoms with van der Waals surface area (Å²) < 4.78 is 2.14. The van der Waals surface area contributed by atoms with E-state index >= 15 is 0 Å². The smallest absolute Gasteiger partial charge is 0.197 e. The van der Waals surface area contributed by atoms with E-state index in [2.05, 4.69) is 50.0 Å². The minimum Gasteiger partial charge on any atom is -0.508 e. The van der Waals surface area contributed by atoms with E-state index < -0.39 is 0 Å². The number of aromatic hydroxyl groups is 1. The van der Waals surface area contributed by atoms with E-state index in [9.17, 15) is 15.0 Å². The zero-order valence-electron chi connectivity index (χ0n) is 26.7. The molecule has 3 N–H and O–H groups in total. The first-order valence-corrected chi connectivity index (χ1v) is 17.5. The summed E-state index contributed by atoms with van der Waals surface area (Å²) >= 11 is 1.70. The van der Waals surface area contributed by atoms with Crippen LogP contribution in [0.5, 0.6) is 5.75 Å². The summed E-state index contributed by atoms with van der Waals surface area (Å²) in [4.78, 5) is 15.4. The van der Waals surface area contributed by atoms with Crippen LogP contribution in [0.2, 0.25) is 0 Å². The molecule has 5 atom stereocenters. The van der Waals surface area contributed by atoms with Gasteiger partial charge in [-0.05, 0) is 129 Å². The summed E-state index contributed by atoms with van der Waals surface area (Å²) in [6, 6.07) is 18.0. The number of nitrogens with one attached hydrogen (secondary N) is 1. The van der Waals surface area contributed by atoms with E-state index in [1.54, 1.807) is 11.3 Å². The van der Waals surface area contributed by atoms with Gasteiger partial charge in [-0.2, -0.15) is 0 Å². The Labute approximate surface area is 265 Å². The minimum absolute atomic E-state index is 0.0883. The molecule has 234 valence electrons. The number of aliphatic hydroxyl groups is 1. The Balaban J connectivity index is 0.000000158. The van der Waals surface area contributed by atoms with Gasteiger partial charge >= 0.3 is 0 Å². The molecule has 3 aliphatic carbocycles. The van der Waals surface area contributed by atoms with Gasteiger partial charge in [-0.3, -0.25) is 4.79 Å². The molecule has 44 heavy (non-hydrogen) atoms. The highest BCUT2D eigenvalue weighted by Gasteiger charge is 2.54. The van der Waals surface area contributed by atoms with Crippen LogP contribution in [0.1, 0.15) is 75.5 Å². The van der Waals surface area contributed by atoms with E-state index in [0.717, 1.165) is 82.8 Å². The van der Waals surface area contributed by atoms with Gasteiger partial charge < -0.3 is 20.4 Å². The molecule has 7 rings (SSSR count). The zero-order chi connectivity index (χ0) is 31.0. The maximum absolute atomic E-state index is 13.0. The van der Waals surface area contributed by atoms with E-state index in [1.807, 2.05) is 42.5 Å². The molecule has 2 saturated carbocycles. The van der Waals surface area contributed by atoms with Crippen LogP contribution in [-0.2, 0) is 6.42 Å². The van der Waals surface area contributed by atoms with Gasteiger partial charge in [-0.25, -0.2) is 0 Å². The Kier molecular flexibility index (Phi) is 9.05. The van der Waals surface area contributed by atoms with Crippen LogP contribution in [0, 0.1) is 24.2 Å². The Morgan fingerprint density at radius 2 is 1.82 bits per heavy atom. The highest BCUT2D eigenvalue weighted by Crippen LogP contribution is 2.60. The van der Waals surface area contributed by atoms with Gasteiger partial charge in [0.05, 0.1) is 11.5 Å². The Morgan fingerprint density at radius 1 is 1.02 bits per heavy atom. The fourth-order valence-corrected chi connectivity index (χ4v) is 9.78. The number of fused-ring (bicyclic) bond motifs is 7. The normalized spacial score (nSPS) is 25.7. The molecule has 3 aromatic carbocycles. The zero-order valence-corrected chi connectivity index (χ0v) is 27.6. The van der Waals surface area contributed by atoms with Crippen LogP contribution in [0.3, 0.4) is 0 Å². The Morgan fingerprint density at radius 3 is 2.61 bits per heavy atom. The number of aliphatic hydroxyl groups excluding tert-OH is 1. The van der Waals surface area contributed by atoms with Crippen LogP contribution in [0.4, 0.5) is 5.69 Å². The van der Waals surface area contributed by atoms with Crippen molar-refractivity contribution in [3.8, 4) is 5.75 Å². The number of phenols is 1. The number of hydrogen-bond donors (Lipinski definition) is 3. The third kappa shape index (κ3) is 5.65. The lowest BCUT2D eigenvalue weighted by Crippen LogP contribution is -2.43. The van der Waals surface area contributed by atoms with Gasteiger partial charge in [0, 0.05) is 33.6 Å². The number of hydrogen-bond acceptors (Lipinski definition) is 6. The lowest BCUT2D eigenvalue weighted by atomic mass is 9.55. The number of anilines is 1. The Bertz CT molecular complexity index is 1700. The van der Waals surface area contributed by atoms with Gasteiger partial charge in [0.2, 0.25) is 0 Å². The van der Waals surface area contributed by atoms with Crippen LogP contribution >= 0.6 is 11.3 Å². The Hall–Kier alpha value is -2.93. The summed E-state index contributed by atoms with van der Waals surface area (Å²) in [7, 11) is 0. The van der Waals surface area contributed by atoms with Crippen molar-refractivity contribution in [1.82, 2.24) is 4.90 Å². The molecule has 6 heteroatoms. The molecular formula is C38H48N2O3S. The topological polar surface area (TPSA) is 72.8 Å². The van der Waals surface area contributed by atoms with E-state index in [0.29, 0.717) is 17.6 Å². The average molecular weight is 613 g/mol. The lowest BCUT2D eigenvalue weighted by Gasteiger charge is -2.50. The average Bonchev–Trinajstić information content (AvgIpc) is 3.34. The lowest BCUT2D eigenvalue weighted by molar-refractivity contribution is -0.0226. The molecule has 4 aromatic rings. The van der Waals surface area contributed by atoms with Crippen molar-refractivity contribution < 1.29 is 10.2 Å². The van der Waals surface area contributed by atoms with Crippen molar-refractivity contribution >= 4 is 37.2 Å². The largest absolute Gasteiger partial charge is 0.508 e. The van der Waals surface area contributed by atoms with Crippen LogP contribution in [0.15, 0.2) is 59.4 Å². The second-order valence-corrected chi connectivity index (χ2v) is 14.5. The van der Waals surface area contributed by atoms with E-state index in [4.69, 9.17) is 0 Å². The van der Waals surface area contributed by atoms with Crippen molar-refractivity contribution in [2.75, 3.05) is 31.5 Å². The molecule has 0 bridgehead atoms. The molecule has 1 heterocycles. The first kappa shape index (κ1) is 31.1. The third-order valence-corrected chi connectivity index (χ3v) is 12.5. The third-order valence-electron chi connectivity index (χ3n) is 11.2. The van der Waals surface area contributed by atoms with E-state index in [1.165, 1.54) is 30.4 Å². The van der Waals surface area contributed by atoms with Crippen molar-refractivity contribution in [1.29, 1.82) is 0 Å². The van der Waals surface area contributed by atoms with Gasteiger partial charge in [-0.1, -0.05) is 45.0 Å². The molecule has 5 nitrogen and oxygen atoms in total. The summed E-state index contributed by atoms with van der Waals surface area (Å²) in [5, 5.41) is 25.2. The van der Waals surface area contributed by atoms with Gasteiger partial charge in [-0.15, -0.1) is 11.3 Å². The highest BCUT2D eigenvalue weighted by atomic mass is 32.1. The monoisotopic (exact) mass is 612 g/mol. The van der Waals surface area contributed by atoms with E-state index in [-0.39, 0.29) is 16.9 Å². The number of rotatable bonds is 6. The second kappa shape index (κ2) is 12.8. The van der Waals surface area contributed by atoms with Crippen molar-refractivity contribution in [3.63, 3.8) is 0 Å². The number of phenolic OH excluding ortho intramolecular Hbond substituents is 1. The first-order valence-electron chi connectivity index (χ1n) is 16.7. The quantitative estimate of drug-likeness (QED) is 0.192. The molecule has 0 amide bonds. The molecular weight excluding hydrogens is 564 g/mol. The first-order chi connectivity index (χ1) is 21.2. The maximum Gasteiger partial charge on any atom is 0.197 e. The highest BCUT2D eigenvalue weighted by molar-refractivity contribution is 7.24. The van der Waals surface area contributed by atoms with Gasteiger partial charge in [0.15, 0.2) is 5.43 Å². The fraction of sp³-hybridized carbons (Fsp3) is 0.500. The number of nitrogens with zero attached hydrogens (tertiary/aromatic N) is 1. The fourth-order valence-electron chi connectivity index (χ4n) is 8.61. The molecule has 0 unspecified atom stereocenters. The second-order valence-electron chi connectivity index (χ2n) is 13.5. The van der Waals surface area contributed by atoms with Gasteiger partial charge in [0.1, 0.15) is 5.75 Å². The molecule has 3 aliphatic rings. The minimum atomic E-state index is -0.0883. The summed E-state index contributed by atoms with van der Waals surface area (Å²) in [6.45, 7) is 12.7. The van der Waals surface area contributed by atoms with Crippen LogP contribution in [0.25, 0.3) is 20.2 Å². The van der Waals surface area contributed by atoms with Crippen LogP contribution < -0.4 is 10.7 Å². The van der Waals surface area contributed by atoms with Crippen molar-refractivity contribution in [2.45, 2.75) is 78.2 Å². The standard InChI is InChI=1S/C20H24N2OS.C18H24O2/c1-4-22(5-2)13-12-21-16-11-10-14(3)20-18(16)19(23)15-8-6-7-9-17(15)24-20;1-18-9-8-14-13-5-3-12(19)10-11(13)2-4-15(14)16(18)6-7-17(18)20/h6-11,21H,4-5,12-13H2,1-3H3;3,5,10,14-17,19-20H,2,4,6-9H2,1H3/t;14-,15-,16+,17+,18+/m.1/s1. The molecule has 0 radical (unpaired) electrons. The number of benzene rings is 3. The van der Waals surface area contributed by atoms with Crippen molar-refractivity contribution in [2.24, 2.45) is 17.3 Å². The number of aryl methyl sites for hydroxylation is 2. The maximum atomic E-state index is 13.0. The molecule has 2 fully saturated rings. The predicted molar refractivity (Wildman–Crippen MR) is 185 cm³/mol. The summed E-state index contributed by atoms with van der Waals surface area (Å²) in [5.41, 5.74) is 5.24. The molecule has 0 aliphatic heterocycles. The number of likely N-dealkylation sites (N-methyl/N-ethyl adjacent to an activating group) is 1. The molecule has 1 aromatic heterocycles. The van der Waals surface area contributed by atoms with Gasteiger partial charge in [0.25, 0.3) is 0 Å². The molecule has 0 spiro atoms. The SMILES string of the molecule is CCN(CC)CCNc1ccc(C)c2sc3ccccc3c(=O)c12.C[C@]12CC[C@@H]3c4ccc(O)cc4CC[C@H]3[C@@H]1CC[C@@H]2O.